The molecule has 14 rings (SSSR count). The number of anilines is 1. The van der Waals surface area contributed by atoms with Gasteiger partial charge in [-0.2, -0.15) is 0 Å². The molecule has 0 aliphatic rings. The van der Waals surface area contributed by atoms with E-state index in [2.05, 4.69) is 55.9 Å². The van der Waals surface area contributed by atoms with Gasteiger partial charge >= 0.3 is 0 Å². The van der Waals surface area contributed by atoms with Gasteiger partial charge in [0.2, 0.25) is 0 Å². The average molecular weight is 1400 g/mol. The van der Waals surface area contributed by atoms with Crippen molar-refractivity contribution < 1.29 is 34.8 Å². The van der Waals surface area contributed by atoms with Crippen LogP contribution in [0.4, 0.5) is 19.0 Å². The number of benzene rings is 2. The summed E-state index contributed by atoms with van der Waals surface area (Å²) < 4.78 is 93.9. The number of nitrogens with one attached hydrogen (secondary N) is 1. The molecule has 97 heavy (non-hydrogen) atoms. The van der Waals surface area contributed by atoms with Crippen molar-refractivity contribution in [3.8, 4) is 0 Å². The number of aromatic amines is 1. The number of halogens is 6. The van der Waals surface area contributed by atoms with Crippen LogP contribution in [0.2, 0.25) is 15.1 Å². The number of hydrogen-bond donors (Lipinski definition) is 2. The van der Waals surface area contributed by atoms with E-state index in [-0.39, 0.29) is 27.0 Å². The van der Waals surface area contributed by atoms with Crippen molar-refractivity contribution in [3.05, 3.63) is 320 Å². The average Bonchev–Trinajstić information content (AvgIpc) is 1.63. The first-order valence-electron chi connectivity index (χ1n) is 29.7. The summed E-state index contributed by atoms with van der Waals surface area (Å²) in [5.41, 5.74) is 16.5. The molecule has 26 heteroatoms. The van der Waals surface area contributed by atoms with Crippen LogP contribution in [0.25, 0.3) is 33.1 Å². The molecule has 0 spiro atoms. The molecule has 0 saturated carbocycles. The zero-order chi connectivity index (χ0) is 68.1. The Morgan fingerprint density at radius 3 is 1.29 bits per heavy atom. The molecule has 0 saturated heterocycles. The van der Waals surface area contributed by atoms with Crippen LogP contribution in [0.5, 0.6) is 0 Å². The Balaban J connectivity index is 0.000000140. The van der Waals surface area contributed by atoms with Gasteiger partial charge in [0.15, 0.2) is 17.6 Å². The number of hydrogen-bond acceptors (Lipinski definition) is 15. The molecule has 488 valence electrons. The lowest BCUT2D eigenvalue weighted by molar-refractivity contribution is 0.112. The fraction of sp³-hybridized carbons (Fsp3) is 0.0986. The third-order valence-corrected chi connectivity index (χ3v) is 19.0. The van der Waals surface area contributed by atoms with Crippen molar-refractivity contribution >= 4 is 100 Å². The van der Waals surface area contributed by atoms with E-state index in [1.54, 1.807) is 122 Å². The molecule has 0 bridgehead atoms. The highest BCUT2D eigenvalue weighted by atomic mass is 35.5. The minimum atomic E-state index is -3.83. The second-order valence-electron chi connectivity index (χ2n) is 22.0. The summed E-state index contributed by atoms with van der Waals surface area (Å²) in [5.74, 6) is -0.717. The summed E-state index contributed by atoms with van der Waals surface area (Å²) >= 11 is 18.3. The number of aromatic nitrogens is 12. The Morgan fingerprint density at radius 2 is 0.866 bits per heavy atom. The molecule has 12 aromatic heterocycles. The fourth-order valence-corrected chi connectivity index (χ4v) is 13.5. The van der Waals surface area contributed by atoms with Gasteiger partial charge < -0.3 is 10.7 Å². The van der Waals surface area contributed by atoms with Crippen molar-refractivity contribution in [1.82, 2.24) is 57.8 Å². The first-order chi connectivity index (χ1) is 46.8. The number of fused-ring (bicyclic) bond motifs is 3. The standard InChI is InChI=1S/C26H20ClFN4O2S.C20H16ClFN4.C19H15ClN4O2S.C6H4FNO/c27-21-12-25-20(17-32(26(25)31-15-21)35(33,34)24-4-2-1-3-5-24)10-18-6-8-23(30-14-18)9-7-19-11-22(28)16-29-13-19;21-16-7-19-15(10-25-20(19)26-11-16)5-13-1-3-18(24-9-13)4-2-14-6-17(22)12-23-8-14;20-15-9-17-14(8-13-6-7-18(21)22-10-13)12-24(19(17)23-11-15)27(25,26)16-4-2-1-3-5-16;7-6-1-5(4-9)2-8-3-6/h1-6,8,11-17H,7,9-10H2;1,3,6-12H,2,4-5H2,(H,25,26);1-7,9-12H,8H2,(H2,21,22);1-4H. The number of aryl methyl sites for hydroxylation is 4. The lowest BCUT2D eigenvalue weighted by Crippen LogP contribution is -2.12. The highest BCUT2D eigenvalue weighted by Gasteiger charge is 2.24. The summed E-state index contributed by atoms with van der Waals surface area (Å²) in [5, 5.41) is 3.86. The smallest absolute Gasteiger partial charge is 0.269 e. The van der Waals surface area contributed by atoms with Gasteiger partial charge in [0, 0.05) is 127 Å². The van der Waals surface area contributed by atoms with Crippen LogP contribution in [0.1, 0.15) is 66.3 Å². The quantitative estimate of drug-likeness (QED) is 0.0804. The molecule has 18 nitrogen and oxygen atoms in total. The molecular formula is C71H55Cl3F3N13O5S2. The maximum Gasteiger partial charge on any atom is 0.269 e. The number of rotatable bonds is 17. The Bertz CT molecular complexity index is 5310. The number of pyridine rings is 9. The molecule has 0 atom stereocenters. The molecule has 0 aliphatic heterocycles. The van der Waals surface area contributed by atoms with Crippen LogP contribution >= 0.6 is 34.8 Å². The van der Waals surface area contributed by atoms with Crippen LogP contribution in [-0.4, -0.2) is 80.9 Å². The van der Waals surface area contributed by atoms with Crippen molar-refractivity contribution in [2.45, 2.75) is 54.7 Å². The van der Waals surface area contributed by atoms with Crippen molar-refractivity contribution in [3.63, 3.8) is 0 Å². The van der Waals surface area contributed by atoms with Gasteiger partial charge in [-0.05, 0) is 149 Å². The molecule has 0 radical (unpaired) electrons. The van der Waals surface area contributed by atoms with E-state index < -0.39 is 25.9 Å². The summed E-state index contributed by atoms with van der Waals surface area (Å²) in [6, 6.07) is 37.5. The lowest BCUT2D eigenvalue weighted by atomic mass is 10.1. The van der Waals surface area contributed by atoms with Gasteiger partial charge in [0.1, 0.15) is 28.9 Å². The Labute approximate surface area is 569 Å². The third kappa shape index (κ3) is 17.3. The molecule has 0 aliphatic carbocycles. The predicted molar refractivity (Wildman–Crippen MR) is 367 cm³/mol. The summed E-state index contributed by atoms with van der Waals surface area (Å²) in [7, 11) is -7.61. The van der Waals surface area contributed by atoms with Crippen LogP contribution in [-0.2, 0) is 65.0 Å². The highest BCUT2D eigenvalue weighted by molar-refractivity contribution is 7.90. The van der Waals surface area contributed by atoms with Crippen molar-refractivity contribution in [2.75, 3.05) is 5.73 Å². The monoisotopic (exact) mass is 1400 g/mol. The van der Waals surface area contributed by atoms with Gasteiger partial charge in [-0.25, -0.2) is 57.9 Å². The lowest BCUT2D eigenvalue weighted by Gasteiger charge is -2.06. The molecule has 0 fully saturated rings. The van der Waals surface area contributed by atoms with Crippen molar-refractivity contribution in [1.29, 1.82) is 0 Å². The second-order valence-corrected chi connectivity index (χ2v) is 26.9. The Hall–Kier alpha value is -10.6. The zero-order valence-electron chi connectivity index (χ0n) is 51.0. The largest absolute Gasteiger partial charge is 0.384 e. The first-order valence-corrected chi connectivity index (χ1v) is 33.7. The van der Waals surface area contributed by atoms with Gasteiger partial charge in [0.05, 0.1) is 43.4 Å². The van der Waals surface area contributed by atoms with Gasteiger partial charge in [-0.15, -0.1) is 0 Å². The molecule has 0 amide bonds. The summed E-state index contributed by atoms with van der Waals surface area (Å²) in [6.45, 7) is 0. The van der Waals surface area contributed by atoms with Crippen LogP contribution in [0, 0.1) is 17.5 Å². The van der Waals surface area contributed by atoms with E-state index in [1.165, 1.54) is 51.1 Å². The van der Waals surface area contributed by atoms with E-state index in [9.17, 15) is 34.8 Å². The van der Waals surface area contributed by atoms with Gasteiger partial charge in [0.25, 0.3) is 20.0 Å². The van der Waals surface area contributed by atoms with E-state index in [4.69, 9.17) is 40.5 Å². The second kappa shape index (κ2) is 30.9. The van der Waals surface area contributed by atoms with E-state index >= 15 is 0 Å². The fourth-order valence-electron chi connectivity index (χ4n) is 10.3. The normalized spacial score (nSPS) is 11.3. The number of carbonyl (C=O) groups excluding carboxylic acids is 1. The maximum atomic E-state index is 13.3. The molecule has 12 heterocycles. The minimum Gasteiger partial charge on any atom is -0.384 e. The number of nitrogens with zero attached hydrogens (tertiary/aromatic N) is 11. The van der Waals surface area contributed by atoms with Crippen molar-refractivity contribution in [2.24, 2.45) is 0 Å². The van der Waals surface area contributed by atoms with E-state index in [1.807, 2.05) is 42.7 Å². The summed E-state index contributed by atoms with van der Waals surface area (Å²) in [4.78, 5) is 50.7. The number of nitrogens with two attached hydrogens (primary N) is 1. The summed E-state index contributed by atoms with van der Waals surface area (Å²) in [6.07, 6.45) is 28.0. The minimum absolute atomic E-state index is 0.180. The maximum absolute atomic E-state index is 13.3. The van der Waals surface area contributed by atoms with E-state index in [0.717, 1.165) is 92.0 Å². The number of nitrogen functional groups attached to an aromatic ring is 1. The number of carbonyl (C=O) groups is 1. The number of aldehydes is 1. The van der Waals surface area contributed by atoms with Crippen LogP contribution in [0.15, 0.2) is 236 Å². The molecule has 2 aromatic carbocycles. The first kappa shape index (κ1) is 67.8. The molecule has 0 unspecified atom stereocenters. The molecular weight excluding hydrogens is 1340 g/mol. The predicted octanol–water partition coefficient (Wildman–Crippen LogP) is 14.3. The molecule has 14 aromatic rings. The number of H-pyrrole nitrogens is 1. The van der Waals surface area contributed by atoms with Crippen LogP contribution < -0.4 is 5.73 Å². The highest BCUT2D eigenvalue weighted by Crippen LogP contribution is 2.31. The van der Waals surface area contributed by atoms with Gasteiger partial charge in [-0.1, -0.05) is 89.4 Å². The Morgan fingerprint density at radius 1 is 0.433 bits per heavy atom. The van der Waals surface area contributed by atoms with E-state index in [0.29, 0.717) is 81.3 Å². The zero-order valence-corrected chi connectivity index (χ0v) is 54.9. The molecule has 3 N–H and O–H groups in total. The van der Waals surface area contributed by atoms with Gasteiger partial charge in [-0.3, -0.25) is 29.7 Å². The topological polar surface area (TPSA) is 253 Å². The Kier molecular flexibility index (Phi) is 21.6. The SMILES string of the molecule is Fc1cncc(CCc2ccc(Cc3c[nH]c4ncc(Cl)cc34)cn2)c1.Nc1ccc(Cc2cn(S(=O)(=O)c3ccccc3)c3ncc(Cl)cc23)cn1.O=Cc1cncc(F)c1.O=S(=O)(c1ccccc1)n1cc(Cc2ccc(CCc3cncc(F)c3)nc2)c2cc(Cl)cnc21. The van der Waals surface area contributed by atoms with Crippen LogP contribution in [0.3, 0.4) is 0 Å². The third-order valence-electron chi connectivity index (χ3n) is 15.0.